The van der Waals surface area contributed by atoms with Crippen LogP contribution in [0.2, 0.25) is 0 Å². The Morgan fingerprint density at radius 1 is 1.47 bits per heavy atom. The summed E-state index contributed by atoms with van der Waals surface area (Å²) in [7, 11) is 1.20. The smallest absolute Gasteiger partial charge is 0.336 e. The van der Waals surface area contributed by atoms with Gasteiger partial charge in [0.15, 0.2) is 6.10 Å². The number of aliphatic hydroxyl groups excluding tert-OH is 1. The van der Waals surface area contributed by atoms with E-state index in [1.54, 1.807) is 0 Å². The molecule has 2 rings (SSSR count). The number of carbonyl (C=O) groups is 2. The second kappa shape index (κ2) is 4.87. The molecule has 4 atom stereocenters. The molecule has 0 aromatic carbocycles. The van der Waals surface area contributed by atoms with E-state index in [0.29, 0.717) is 11.8 Å². The fourth-order valence-corrected chi connectivity index (χ4v) is 2.63. The van der Waals surface area contributed by atoms with Crippen molar-refractivity contribution in [2.24, 2.45) is 17.8 Å². The molecule has 0 aromatic rings. The molecule has 0 radical (unpaired) electrons. The Balaban J connectivity index is 1.78. The quantitative estimate of drug-likeness (QED) is 0.528. The largest absolute Gasteiger partial charge is 0.467 e. The van der Waals surface area contributed by atoms with Crippen molar-refractivity contribution in [2.75, 3.05) is 13.7 Å². The molecule has 2 aliphatic rings. The third-order valence-corrected chi connectivity index (χ3v) is 3.56. The molecule has 2 aliphatic carbocycles. The van der Waals surface area contributed by atoms with Crippen molar-refractivity contribution in [1.82, 2.24) is 5.32 Å². The number of carbonyl (C=O) groups excluding carboxylic acids is 2. The van der Waals surface area contributed by atoms with Gasteiger partial charge in [0.05, 0.1) is 13.7 Å². The monoisotopic (exact) mass is 239 g/mol. The highest BCUT2D eigenvalue weighted by molar-refractivity contribution is 5.81. The first-order valence-electron chi connectivity index (χ1n) is 5.83. The first-order chi connectivity index (χ1) is 8.11. The van der Waals surface area contributed by atoms with Gasteiger partial charge in [0.1, 0.15) is 0 Å². The fourth-order valence-electron chi connectivity index (χ4n) is 2.63. The van der Waals surface area contributed by atoms with Crippen molar-refractivity contribution in [1.29, 1.82) is 0 Å². The highest BCUT2D eigenvalue weighted by Gasteiger charge is 2.39. The third-order valence-electron chi connectivity index (χ3n) is 3.56. The summed E-state index contributed by atoms with van der Waals surface area (Å²) >= 11 is 0. The predicted molar refractivity (Wildman–Crippen MR) is 59.9 cm³/mol. The molecule has 5 nitrogen and oxygen atoms in total. The van der Waals surface area contributed by atoms with Crippen molar-refractivity contribution < 1.29 is 19.4 Å². The lowest BCUT2D eigenvalue weighted by Crippen LogP contribution is -2.40. The van der Waals surface area contributed by atoms with Gasteiger partial charge in [-0.25, -0.2) is 4.79 Å². The lowest BCUT2D eigenvalue weighted by molar-refractivity contribution is -0.150. The average Bonchev–Trinajstić information content (AvgIpc) is 2.96. The van der Waals surface area contributed by atoms with Crippen LogP contribution in [0.15, 0.2) is 12.2 Å². The van der Waals surface area contributed by atoms with Crippen LogP contribution in [0.3, 0.4) is 0 Å². The van der Waals surface area contributed by atoms with Gasteiger partial charge < -0.3 is 15.2 Å². The zero-order valence-corrected chi connectivity index (χ0v) is 9.76. The summed E-state index contributed by atoms with van der Waals surface area (Å²) in [6.45, 7) is -0.0803. The Morgan fingerprint density at radius 2 is 2.24 bits per heavy atom. The molecule has 2 bridgehead atoms. The van der Waals surface area contributed by atoms with Gasteiger partial charge in [0.2, 0.25) is 5.91 Å². The summed E-state index contributed by atoms with van der Waals surface area (Å²) in [6.07, 6.45) is 4.91. The third kappa shape index (κ3) is 2.49. The normalized spacial score (nSPS) is 31.3. The number of aliphatic hydroxyl groups is 1. The Morgan fingerprint density at radius 3 is 2.76 bits per heavy atom. The molecule has 17 heavy (non-hydrogen) atoms. The minimum absolute atomic E-state index is 0.00477. The molecule has 0 aliphatic heterocycles. The van der Waals surface area contributed by atoms with E-state index < -0.39 is 12.1 Å². The van der Waals surface area contributed by atoms with Crippen LogP contribution in [0.5, 0.6) is 0 Å². The molecular formula is C12H17NO4. The Bertz CT molecular complexity index is 352. The first kappa shape index (κ1) is 12.1. The Kier molecular flexibility index (Phi) is 3.47. The molecule has 1 saturated carbocycles. The van der Waals surface area contributed by atoms with Gasteiger partial charge in [-0.05, 0) is 24.7 Å². The van der Waals surface area contributed by atoms with Gasteiger partial charge in [-0.1, -0.05) is 12.2 Å². The van der Waals surface area contributed by atoms with Gasteiger partial charge in [0, 0.05) is 5.92 Å². The standard InChI is InChI=1S/C12H17NO4/c1-17-12(16)10(14)6-13-11(15)9-5-7-2-3-8(9)4-7/h2-3,7-10,14H,4-6H2,1H3,(H,13,15). The van der Waals surface area contributed by atoms with Crippen molar-refractivity contribution in [3.63, 3.8) is 0 Å². The van der Waals surface area contributed by atoms with Crippen LogP contribution in [-0.4, -0.2) is 36.7 Å². The topological polar surface area (TPSA) is 75.6 Å². The number of hydrogen-bond acceptors (Lipinski definition) is 4. The van der Waals surface area contributed by atoms with Crippen molar-refractivity contribution in [2.45, 2.75) is 18.9 Å². The van der Waals surface area contributed by atoms with Crippen LogP contribution >= 0.6 is 0 Å². The van der Waals surface area contributed by atoms with Crippen LogP contribution in [0.1, 0.15) is 12.8 Å². The molecule has 0 aromatic heterocycles. The van der Waals surface area contributed by atoms with Gasteiger partial charge >= 0.3 is 5.97 Å². The Hall–Kier alpha value is -1.36. The van der Waals surface area contributed by atoms with Crippen LogP contribution in [-0.2, 0) is 14.3 Å². The maximum Gasteiger partial charge on any atom is 0.336 e. The summed E-state index contributed by atoms with van der Waals surface area (Å²) in [6, 6.07) is 0. The van der Waals surface area contributed by atoms with E-state index in [2.05, 4.69) is 22.2 Å². The van der Waals surface area contributed by atoms with Crippen molar-refractivity contribution in [3.05, 3.63) is 12.2 Å². The molecule has 4 unspecified atom stereocenters. The maximum atomic E-state index is 11.8. The lowest BCUT2D eigenvalue weighted by atomic mass is 9.93. The van der Waals surface area contributed by atoms with Gasteiger partial charge in [-0.3, -0.25) is 4.79 Å². The number of allylic oxidation sites excluding steroid dienone is 2. The number of rotatable bonds is 4. The SMILES string of the molecule is COC(=O)C(O)CNC(=O)C1CC2C=CC1C2. The van der Waals surface area contributed by atoms with Crippen LogP contribution in [0.4, 0.5) is 0 Å². The zero-order valence-electron chi connectivity index (χ0n) is 9.76. The molecule has 0 heterocycles. The van der Waals surface area contributed by atoms with Crippen LogP contribution in [0.25, 0.3) is 0 Å². The van der Waals surface area contributed by atoms with Crippen molar-refractivity contribution >= 4 is 11.9 Å². The first-order valence-corrected chi connectivity index (χ1v) is 5.83. The van der Waals surface area contributed by atoms with E-state index in [9.17, 15) is 14.7 Å². The van der Waals surface area contributed by atoms with E-state index in [1.165, 1.54) is 7.11 Å². The molecule has 1 fully saturated rings. The Labute approximate surface area is 99.8 Å². The van der Waals surface area contributed by atoms with Crippen LogP contribution < -0.4 is 5.32 Å². The van der Waals surface area contributed by atoms with E-state index >= 15 is 0 Å². The second-order valence-corrected chi connectivity index (χ2v) is 4.67. The van der Waals surface area contributed by atoms with E-state index in [1.807, 2.05) is 0 Å². The van der Waals surface area contributed by atoms with Crippen LogP contribution in [0, 0.1) is 17.8 Å². The second-order valence-electron chi connectivity index (χ2n) is 4.67. The molecular weight excluding hydrogens is 222 g/mol. The van der Waals surface area contributed by atoms with Gasteiger partial charge in [0.25, 0.3) is 0 Å². The highest BCUT2D eigenvalue weighted by atomic mass is 16.5. The number of ether oxygens (including phenoxy) is 1. The van der Waals surface area contributed by atoms with Crippen molar-refractivity contribution in [3.8, 4) is 0 Å². The van der Waals surface area contributed by atoms with E-state index in [0.717, 1.165) is 12.8 Å². The van der Waals surface area contributed by atoms with Gasteiger partial charge in [-0.15, -0.1) is 0 Å². The zero-order chi connectivity index (χ0) is 12.4. The predicted octanol–water partition coefficient (Wildman–Crippen LogP) is -0.151. The summed E-state index contributed by atoms with van der Waals surface area (Å²) < 4.78 is 4.37. The molecule has 0 spiro atoms. The lowest BCUT2D eigenvalue weighted by Gasteiger charge is -2.18. The minimum atomic E-state index is -1.28. The number of amides is 1. The number of hydrogen-bond donors (Lipinski definition) is 2. The summed E-state index contributed by atoms with van der Waals surface area (Å²) in [5.41, 5.74) is 0. The molecule has 5 heteroatoms. The summed E-state index contributed by atoms with van der Waals surface area (Å²) in [5, 5.41) is 11.9. The molecule has 2 N–H and O–H groups in total. The van der Waals surface area contributed by atoms with Gasteiger partial charge in [-0.2, -0.15) is 0 Å². The average molecular weight is 239 g/mol. The fraction of sp³-hybridized carbons (Fsp3) is 0.667. The van der Waals surface area contributed by atoms with E-state index in [-0.39, 0.29) is 18.4 Å². The number of fused-ring (bicyclic) bond motifs is 2. The highest BCUT2D eigenvalue weighted by Crippen LogP contribution is 2.43. The van der Waals surface area contributed by atoms with E-state index in [4.69, 9.17) is 0 Å². The number of methoxy groups -OCH3 is 1. The maximum absolute atomic E-state index is 11.8. The molecule has 0 saturated heterocycles. The summed E-state index contributed by atoms with van der Waals surface area (Å²) in [4.78, 5) is 22.8. The molecule has 1 amide bonds. The summed E-state index contributed by atoms with van der Waals surface area (Å²) in [5.74, 6) is 0.0503. The molecule has 94 valence electrons. The minimum Gasteiger partial charge on any atom is -0.467 e. The number of esters is 1. The number of nitrogens with one attached hydrogen (secondary N) is 1.